The fourth-order valence-electron chi connectivity index (χ4n) is 0.874. The van der Waals surface area contributed by atoms with Crippen LogP contribution in [-0.2, 0) is 0 Å². The number of hydrogen-bond donors (Lipinski definition) is 1. The Labute approximate surface area is 78.2 Å². The van der Waals surface area contributed by atoms with Crippen molar-refractivity contribution in [2.24, 2.45) is 5.73 Å². The van der Waals surface area contributed by atoms with Crippen LogP contribution in [0.15, 0.2) is 24.4 Å². The fraction of sp³-hybridized carbons (Fsp3) is 0.300. The van der Waals surface area contributed by atoms with Crippen LogP contribution in [0.5, 0.6) is 5.88 Å². The molecule has 0 amide bonds. The van der Waals surface area contributed by atoms with E-state index in [0.717, 1.165) is 5.56 Å². The molecule has 1 rings (SSSR count). The van der Waals surface area contributed by atoms with Crippen LogP contribution >= 0.6 is 0 Å². The second kappa shape index (κ2) is 4.62. The molecule has 2 N–H and O–H groups in total. The highest BCUT2D eigenvalue weighted by atomic mass is 16.5. The van der Waals surface area contributed by atoms with Crippen LogP contribution in [0, 0.1) is 0 Å². The molecule has 13 heavy (non-hydrogen) atoms. The van der Waals surface area contributed by atoms with E-state index in [1.807, 2.05) is 31.2 Å². The monoisotopic (exact) mass is 178 g/mol. The summed E-state index contributed by atoms with van der Waals surface area (Å²) in [6, 6.07) is 3.83. The molecule has 0 aliphatic rings. The smallest absolute Gasteiger partial charge is 0.212 e. The minimum atomic E-state index is 0.0714. The Balaban J connectivity index is 2.69. The first kappa shape index (κ1) is 9.74. The highest BCUT2D eigenvalue weighted by Gasteiger charge is 1.91. The summed E-state index contributed by atoms with van der Waals surface area (Å²) < 4.78 is 4.93. The van der Waals surface area contributed by atoms with Crippen LogP contribution in [-0.4, -0.2) is 18.1 Å². The zero-order chi connectivity index (χ0) is 9.68. The van der Waals surface area contributed by atoms with Gasteiger partial charge in [0.2, 0.25) is 5.88 Å². The van der Waals surface area contributed by atoms with E-state index < -0.39 is 0 Å². The quantitative estimate of drug-likeness (QED) is 0.762. The molecule has 0 aliphatic heterocycles. The Morgan fingerprint density at radius 1 is 1.54 bits per heavy atom. The maximum Gasteiger partial charge on any atom is 0.212 e. The lowest BCUT2D eigenvalue weighted by atomic mass is 10.2. The van der Waals surface area contributed by atoms with E-state index >= 15 is 0 Å². The summed E-state index contributed by atoms with van der Waals surface area (Å²) >= 11 is 0. The van der Waals surface area contributed by atoms with Crippen molar-refractivity contribution in [2.75, 3.05) is 7.11 Å². The van der Waals surface area contributed by atoms with E-state index in [9.17, 15) is 0 Å². The number of methoxy groups -OCH3 is 1. The highest BCUT2D eigenvalue weighted by molar-refractivity contribution is 5.48. The average Bonchev–Trinajstić information content (AvgIpc) is 2.15. The number of ether oxygens (including phenoxy) is 1. The topological polar surface area (TPSA) is 48.1 Å². The van der Waals surface area contributed by atoms with Gasteiger partial charge in [-0.15, -0.1) is 0 Å². The lowest BCUT2D eigenvalue weighted by Gasteiger charge is -1.98. The molecule has 1 aromatic rings. The Bertz CT molecular complexity index is 277. The summed E-state index contributed by atoms with van der Waals surface area (Å²) in [5, 5.41) is 0. The molecule has 0 bridgehead atoms. The molecular weight excluding hydrogens is 164 g/mol. The summed E-state index contributed by atoms with van der Waals surface area (Å²) in [7, 11) is 1.60. The molecular formula is C10H14N2O. The van der Waals surface area contributed by atoms with Crippen molar-refractivity contribution in [3.05, 3.63) is 30.0 Å². The summed E-state index contributed by atoms with van der Waals surface area (Å²) in [5.74, 6) is 0.623. The molecule has 0 saturated carbocycles. The van der Waals surface area contributed by atoms with E-state index in [1.165, 1.54) is 0 Å². The predicted octanol–water partition coefficient (Wildman–Crippen LogP) is 1.45. The Kier molecular flexibility index (Phi) is 3.46. The van der Waals surface area contributed by atoms with E-state index in [2.05, 4.69) is 4.98 Å². The van der Waals surface area contributed by atoms with Crippen molar-refractivity contribution in [1.82, 2.24) is 4.98 Å². The highest BCUT2D eigenvalue weighted by Crippen LogP contribution is 2.07. The standard InChI is InChI=1S/C10H14N2O/c1-8(11)3-4-9-5-6-10(13-2)12-7-9/h3-8H,11H2,1-2H3/b4-3+. The zero-order valence-electron chi connectivity index (χ0n) is 7.90. The van der Waals surface area contributed by atoms with Crippen molar-refractivity contribution in [1.29, 1.82) is 0 Å². The number of nitrogens with zero attached hydrogens (tertiary/aromatic N) is 1. The number of hydrogen-bond acceptors (Lipinski definition) is 3. The van der Waals surface area contributed by atoms with Crippen LogP contribution in [0.4, 0.5) is 0 Å². The largest absolute Gasteiger partial charge is 0.481 e. The lowest BCUT2D eigenvalue weighted by Crippen LogP contribution is -2.09. The van der Waals surface area contributed by atoms with Gasteiger partial charge in [0.15, 0.2) is 0 Å². The lowest BCUT2D eigenvalue weighted by molar-refractivity contribution is 0.398. The van der Waals surface area contributed by atoms with Gasteiger partial charge in [-0.3, -0.25) is 0 Å². The van der Waals surface area contributed by atoms with Crippen LogP contribution in [0.2, 0.25) is 0 Å². The summed E-state index contributed by atoms with van der Waals surface area (Å²) in [5.41, 5.74) is 6.59. The van der Waals surface area contributed by atoms with Gasteiger partial charge in [0, 0.05) is 18.3 Å². The SMILES string of the molecule is COc1ccc(/C=C/C(C)N)cn1. The summed E-state index contributed by atoms with van der Waals surface area (Å²) in [6.07, 6.45) is 5.61. The van der Waals surface area contributed by atoms with Crippen LogP contribution in [0.3, 0.4) is 0 Å². The maximum absolute atomic E-state index is 5.56. The van der Waals surface area contributed by atoms with Crippen LogP contribution in [0.1, 0.15) is 12.5 Å². The van der Waals surface area contributed by atoms with Gasteiger partial charge in [-0.1, -0.05) is 12.2 Å². The fourth-order valence-corrected chi connectivity index (χ4v) is 0.874. The molecule has 70 valence electrons. The third-order valence-corrected chi connectivity index (χ3v) is 1.56. The Morgan fingerprint density at radius 2 is 2.31 bits per heavy atom. The second-order valence-corrected chi connectivity index (χ2v) is 2.85. The number of nitrogens with two attached hydrogens (primary N) is 1. The number of pyridine rings is 1. The van der Waals surface area contributed by atoms with Crippen LogP contribution in [0.25, 0.3) is 6.08 Å². The number of aromatic nitrogens is 1. The molecule has 0 fully saturated rings. The minimum absolute atomic E-state index is 0.0714. The van der Waals surface area contributed by atoms with Crippen molar-refractivity contribution in [2.45, 2.75) is 13.0 Å². The second-order valence-electron chi connectivity index (χ2n) is 2.85. The molecule has 1 atom stereocenters. The van der Waals surface area contributed by atoms with E-state index in [4.69, 9.17) is 10.5 Å². The average molecular weight is 178 g/mol. The van der Waals surface area contributed by atoms with Crippen molar-refractivity contribution < 1.29 is 4.74 Å². The first-order valence-electron chi connectivity index (χ1n) is 4.16. The first-order chi connectivity index (χ1) is 6.22. The van der Waals surface area contributed by atoms with Gasteiger partial charge < -0.3 is 10.5 Å². The van der Waals surface area contributed by atoms with E-state index in [0.29, 0.717) is 5.88 Å². The molecule has 0 spiro atoms. The summed E-state index contributed by atoms with van der Waals surface area (Å²) in [4.78, 5) is 4.06. The molecule has 1 heterocycles. The molecule has 1 aromatic heterocycles. The maximum atomic E-state index is 5.56. The van der Waals surface area contributed by atoms with Gasteiger partial charge in [-0.2, -0.15) is 0 Å². The molecule has 0 aliphatic carbocycles. The van der Waals surface area contributed by atoms with Gasteiger partial charge in [-0.25, -0.2) is 4.98 Å². The zero-order valence-corrected chi connectivity index (χ0v) is 7.90. The summed E-state index contributed by atoms with van der Waals surface area (Å²) in [6.45, 7) is 1.92. The third kappa shape index (κ3) is 3.25. The van der Waals surface area contributed by atoms with Gasteiger partial charge in [-0.05, 0) is 18.6 Å². The minimum Gasteiger partial charge on any atom is -0.481 e. The van der Waals surface area contributed by atoms with E-state index in [-0.39, 0.29) is 6.04 Å². The molecule has 3 nitrogen and oxygen atoms in total. The normalized spacial score (nSPS) is 13.2. The third-order valence-electron chi connectivity index (χ3n) is 1.56. The van der Waals surface area contributed by atoms with Crippen molar-refractivity contribution in [3.8, 4) is 5.88 Å². The number of rotatable bonds is 3. The first-order valence-corrected chi connectivity index (χ1v) is 4.16. The van der Waals surface area contributed by atoms with E-state index in [1.54, 1.807) is 13.3 Å². The van der Waals surface area contributed by atoms with Gasteiger partial charge in [0.25, 0.3) is 0 Å². The Hall–Kier alpha value is -1.35. The van der Waals surface area contributed by atoms with Crippen molar-refractivity contribution in [3.63, 3.8) is 0 Å². The molecule has 0 saturated heterocycles. The molecule has 3 heteroatoms. The van der Waals surface area contributed by atoms with Crippen LogP contribution < -0.4 is 10.5 Å². The molecule has 0 aromatic carbocycles. The van der Waals surface area contributed by atoms with Crippen molar-refractivity contribution >= 4 is 6.08 Å². The Morgan fingerprint density at radius 3 is 2.77 bits per heavy atom. The predicted molar refractivity (Wildman–Crippen MR) is 53.5 cm³/mol. The van der Waals surface area contributed by atoms with Gasteiger partial charge >= 0.3 is 0 Å². The molecule has 0 radical (unpaired) electrons. The van der Waals surface area contributed by atoms with Gasteiger partial charge in [0.1, 0.15) is 0 Å². The van der Waals surface area contributed by atoms with Gasteiger partial charge in [0.05, 0.1) is 7.11 Å². The molecule has 1 unspecified atom stereocenters.